The summed E-state index contributed by atoms with van der Waals surface area (Å²) < 4.78 is 0. The first kappa shape index (κ1) is 11.0. The number of hydrogen-bond donors (Lipinski definition) is 2. The molecule has 1 rings (SSSR count). The van der Waals surface area contributed by atoms with Crippen molar-refractivity contribution in [3.63, 3.8) is 0 Å². The van der Waals surface area contributed by atoms with Crippen LogP contribution in [-0.4, -0.2) is 24.0 Å². The van der Waals surface area contributed by atoms with Crippen LogP contribution < -0.4 is 5.32 Å². The van der Waals surface area contributed by atoms with Crippen LogP contribution in [0.15, 0.2) is 36.4 Å². The number of hydrogen-bond acceptors (Lipinski definition) is 2. The van der Waals surface area contributed by atoms with Crippen LogP contribution in [0.1, 0.15) is 5.56 Å². The number of carbonyl (C=O) groups is 2. The molecule has 0 atom stereocenters. The SMILES string of the molecule is CNC(=O)/C=C(\C(=O)O)c1ccccc1. The largest absolute Gasteiger partial charge is 0.478 e. The number of benzene rings is 1. The van der Waals surface area contributed by atoms with Gasteiger partial charge in [0.2, 0.25) is 5.91 Å². The van der Waals surface area contributed by atoms with Crippen LogP contribution in [0.25, 0.3) is 5.57 Å². The summed E-state index contributed by atoms with van der Waals surface area (Å²) in [5.74, 6) is -1.55. The molecule has 1 aromatic rings. The van der Waals surface area contributed by atoms with Crippen molar-refractivity contribution in [1.82, 2.24) is 5.32 Å². The summed E-state index contributed by atoms with van der Waals surface area (Å²) in [7, 11) is 1.45. The summed E-state index contributed by atoms with van der Waals surface area (Å²) >= 11 is 0. The molecule has 0 heterocycles. The molecule has 15 heavy (non-hydrogen) atoms. The van der Waals surface area contributed by atoms with E-state index >= 15 is 0 Å². The molecule has 0 spiro atoms. The molecule has 4 heteroatoms. The van der Waals surface area contributed by atoms with Gasteiger partial charge in [0.1, 0.15) is 0 Å². The minimum atomic E-state index is -1.12. The molecule has 0 saturated heterocycles. The highest BCUT2D eigenvalue weighted by Crippen LogP contribution is 2.13. The smallest absolute Gasteiger partial charge is 0.336 e. The fourth-order valence-corrected chi connectivity index (χ4v) is 1.09. The maximum Gasteiger partial charge on any atom is 0.336 e. The minimum absolute atomic E-state index is 0.0186. The van der Waals surface area contributed by atoms with Gasteiger partial charge in [-0.25, -0.2) is 4.79 Å². The lowest BCUT2D eigenvalue weighted by atomic mass is 10.1. The Morgan fingerprint density at radius 1 is 1.27 bits per heavy atom. The highest BCUT2D eigenvalue weighted by molar-refractivity contribution is 6.20. The molecule has 1 amide bonds. The quantitative estimate of drug-likeness (QED) is 0.720. The predicted octanol–water partition coefficient (Wildman–Crippen LogP) is 0.901. The first-order valence-electron chi connectivity index (χ1n) is 4.37. The number of carboxylic acid groups (broad SMARTS) is 1. The van der Waals surface area contributed by atoms with Crippen LogP contribution in [0.5, 0.6) is 0 Å². The van der Waals surface area contributed by atoms with E-state index in [2.05, 4.69) is 5.32 Å². The normalized spacial score (nSPS) is 10.9. The number of amides is 1. The van der Waals surface area contributed by atoms with Gasteiger partial charge in [-0.15, -0.1) is 0 Å². The molecule has 0 fully saturated rings. The maximum absolute atomic E-state index is 11.0. The third-order valence-electron chi connectivity index (χ3n) is 1.84. The van der Waals surface area contributed by atoms with Crippen molar-refractivity contribution in [2.24, 2.45) is 0 Å². The Balaban J connectivity index is 3.10. The van der Waals surface area contributed by atoms with Crippen LogP contribution in [0.3, 0.4) is 0 Å². The van der Waals surface area contributed by atoms with E-state index in [4.69, 9.17) is 5.11 Å². The molecule has 2 N–H and O–H groups in total. The fraction of sp³-hybridized carbons (Fsp3) is 0.0909. The molecule has 0 aliphatic carbocycles. The third-order valence-corrected chi connectivity index (χ3v) is 1.84. The van der Waals surface area contributed by atoms with E-state index in [0.717, 1.165) is 6.08 Å². The molecule has 1 aromatic carbocycles. The molecular formula is C11H11NO3. The Bertz CT molecular complexity index is 396. The average Bonchev–Trinajstić information content (AvgIpc) is 2.26. The van der Waals surface area contributed by atoms with E-state index in [9.17, 15) is 9.59 Å². The molecule has 0 aliphatic heterocycles. The van der Waals surface area contributed by atoms with Gasteiger partial charge >= 0.3 is 5.97 Å². The number of likely N-dealkylation sites (N-methyl/N-ethyl adjacent to an activating group) is 1. The lowest BCUT2D eigenvalue weighted by molar-refractivity contribution is -0.130. The van der Waals surface area contributed by atoms with Crippen molar-refractivity contribution in [3.8, 4) is 0 Å². The van der Waals surface area contributed by atoms with E-state index in [-0.39, 0.29) is 5.57 Å². The zero-order valence-corrected chi connectivity index (χ0v) is 8.23. The number of carboxylic acids is 1. The van der Waals surface area contributed by atoms with Crippen LogP contribution in [0, 0.1) is 0 Å². The van der Waals surface area contributed by atoms with Gasteiger partial charge in [-0.2, -0.15) is 0 Å². The van der Waals surface area contributed by atoms with Crippen LogP contribution in [0.4, 0.5) is 0 Å². The van der Waals surface area contributed by atoms with E-state index in [0.29, 0.717) is 5.56 Å². The Kier molecular flexibility index (Phi) is 3.62. The highest BCUT2D eigenvalue weighted by Gasteiger charge is 2.11. The lowest BCUT2D eigenvalue weighted by Crippen LogP contribution is -2.16. The van der Waals surface area contributed by atoms with Gasteiger partial charge in [-0.05, 0) is 5.56 Å². The topological polar surface area (TPSA) is 66.4 Å². The van der Waals surface area contributed by atoms with Gasteiger partial charge in [0.05, 0.1) is 5.57 Å². The van der Waals surface area contributed by atoms with Gasteiger partial charge in [0, 0.05) is 13.1 Å². The summed E-state index contributed by atoms with van der Waals surface area (Å²) in [6.07, 6.45) is 1.07. The number of carbonyl (C=O) groups excluding carboxylic acids is 1. The molecule has 4 nitrogen and oxygen atoms in total. The highest BCUT2D eigenvalue weighted by atomic mass is 16.4. The summed E-state index contributed by atoms with van der Waals surface area (Å²) in [4.78, 5) is 22.0. The first-order valence-corrected chi connectivity index (χ1v) is 4.37. The molecule has 78 valence electrons. The molecule has 0 radical (unpaired) electrons. The lowest BCUT2D eigenvalue weighted by Gasteiger charge is -2.01. The second-order valence-electron chi connectivity index (χ2n) is 2.84. The summed E-state index contributed by atoms with van der Waals surface area (Å²) in [6, 6.07) is 8.50. The second-order valence-corrected chi connectivity index (χ2v) is 2.84. The monoisotopic (exact) mass is 205 g/mol. The Hall–Kier alpha value is -2.10. The van der Waals surface area contributed by atoms with Gasteiger partial charge < -0.3 is 10.4 Å². The third kappa shape index (κ3) is 2.95. The molecule has 0 aromatic heterocycles. The Labute approximate surface area is 87.2 Å². The number of rotatable bonds is 3. The van der Waals surface area contributed by atoms with Crippen LogP contribution in [0.2, 0.25) is 0 Å². The fourth-order valence-electron chi connectivity index (χ4n) is 1.09. The Morgan fingerprint density at radius 2 is 1.87 bits per heavy atom. The van der Waals surface area contributed by atoms with E-state index < -0.39 is 11.9 Å². The van der Waals surface area contributed by atoms with E-state index in [1.165, 1.54) is 7.05 Å². The average molecular weight is 205 g/mol. The summed E-state index contributed by atoms with van der Waals surface area (Å²) in [5, 5.41) is 11.3. The summed E-state index contributed by atoms with van der Waals surface area (Å²) in [6.45, 7) is 0. The van der Waals surface area contributed by atoms with Crippen molar-refractivity contribution in [2.45, 2.75) is 0 Å². The van der Waals surface area contributed by atoms with Crippen molar-refractivity contribution >= 4 is 17.4 Å². The number of nitrogens with one attached hydrogen (secondary N) is 1. The van der Waals surface area contributed by atoms with Crippen molar-refractivity contribution < 1.29 is 14.7 Å². The second kappa shape index (κ2) is 4.95. The first-order chi connectivity index (χ1) is 7.15. The molecular weight excluding hydrogens is 194 g/mol. The van der Waals surface area contributed by atoms with E-state index in [1.54, 1.807) is 30.3 Å². The zero-order chi connectivity index (χ0) is 11.3. The summed E-state index contributed by atoms with van der Waals surface area (Å²) in [5.41, 5.74) is 0.489. The van der Waals surface area contributed by atoms with Gasteiger partial charge in [-0.3, -0.25) is 4.79 Å². The maximum atomic E-state index is 11.0. The number of aliphatic carboxylic acids is 1. The molecule has 0 aliphatic rings. The van der Waals surface area contributed by atoms with Crippen molar-refractivity contribution in [3.05, 3.63) is 42.0 Å². The van der Waals surface area contributed by atoms with Crippen LogP contribution in [-0.2, 0) is 9.59 Å². The molecule has 0 bridgehead atoms. The standard InChI is InChI=1S/C11H11NO3/c1-12-10(13)7-9(11(14)15)8-5-3-2-4-6-8/h2-7H,1H3,(H,12,13)(H,14,15)/b9-7-. The van der Waals surface area contributed by atoms with Crippen molar-refractivity contribution in [1.29, 1.82) is 0 Å². The van der Waals surface area contributed by atoms with Crippen LogP contribution >= 0.6 is 0 Å². The van der Waals surface area contributed by atoms with E-state index in [1.807, 2.05) is 0 Å². The zero-order valence-electron chi connectivity index (χ0n) is 8.23. The van der Waals surface area contributed by atoms with Crippen molar-refractivity contribution in [2.75, 3.05) is 7.05 Å². The van der Waals surface area contributed by atoms with Gasteiger partial charge in [0.15, 0.2) is 0 Å². The van der Waals surface area contributed by atoms with Gasteiger partial charge in [0.25, 0.3) is 0 Å². The minimum Gasteiger partial charge on any atom is -0.478 e. The Morgan fingerprint density at radius 3 is 2.33 bits per heavy atom. The van der Waals surface area contributed by atoms with Gasteiger partial charge in [-0.1, -0.05) is 30.3 Å². The molecule has 0 saturated carbocycles. The predicted molar refractivity (Wildman–Crippen MR) is 56.1 cm³/mol. The molecule has 0 unspecified atom stereocenters.